The molecule has 1 N–H and O–H groups in total. The zero-order chi connectivity index (χ0) is 16.9. The van der Waals surface area contributed by atoms with E-state index in [1.54, 1.807) is 6.33 Å². The first-order valence-electron chi connectivity index (χ1n) is 10.1. The Morgan fingerprint density at radius 1 is 1.00 bits per heavy atom. The molecule has 1 aliphatic heterocycles. The van der Waals surface area contributed by atoms with Gasteiger partial charge < -0.3 is 10.2 Å². The van der Waals surface area contributed by atoms with Crippen LogP contribution >= 0.6 is 0 Å². The molecular weight excluding hydrogens is 312 g/mol. The highest BCUT2D eigenvalue weighted by Crippen LogP contribution is 2.55. The number of carbonyl (C=O) groups excluding carboxylic acids is 1. The van der Waals surface area contributed by atoms with Gasteiger partial charge in [-0.25, -0.2) is 9.97 Å². The summed E-state index contributed by atoms with van der Waals surface area (Å²) in [5.74, 6) is 3.41. The van der Waals surface area contributed by atoms with Crippen LogP contribution in [0.1, 0.15) is 68.3 Å². The van der Waals surface area contributed by atoms with E-state index in [-0.39, 0.29) is 11.4 Å². The van der Waals surface area contributed by atoms with Crippen LogP contribution in [-0.4, -0.2) is 34.5 Å². The van der Waals surface area contributed by atoms with Crippen LogP contribution in [0.3, 0.4) is 0 Å². The molecule has 6 rings (SSSR count). The molecule has 5 fully saturated rings. The Hall–Kier alpha value is -1.65. The van der Waals surface area contributed by atoms with Crippen molar-refractivity contribution < 1.29 is 4.79 Å². The molecule has 134 valence electrons. The Bertz CT molecular complexity index is 632. The molecule has 2 heterocycles. The second-order valence-corrected chi connectivity index (χ2v) is 8.96. The maximum Gasteiger partial charge on any atom is 0.270 e. The van der Waals surface area contributed by atoms with Crippen molar-refractivity contribution in [2.75, 3.05) is 18.0 Å². The lowest BCUT2D eigenvalue weighted by Crippen LogP contribution is -2.59. The molecule has 5 aliphatic rings. The Labute approximate surface area is 149 Å². The lowest BCUT2D eigenvalue weighted by Gasteiger charge is -2.56. The molecular formula is C20H28N4O. The van der Waals surface area contributed by atoms with Gasteiger partial charge in [-0.2, -0.15) is 0 Å². The number of aromatic nitrogens is 2. The second-order valence-electron chi connectivity index (χ2n) is 8.96. The monoisotopic (exact) mass is 340 g/mol. The van der Waals surface area contributed by atoms with Crippen molar-refractivity contribution in [1.82, 2.24) is 15.3 Å². The molecule has 0 aromatic carbocycles. The van der Waals surface area contributed by atoms with Crippen molar-refractivity contribution in [1.29, 1.82) is 0 Å². The van der Waals surface area contributed by atoms with E-state index in [9.17, 15) is 4.79 Å². The number of nitrogens with one attached hydrogen (secondary N) is 1. The van der Waals surface area contributed by atoms with E-state index in [4.69, 9.17) is 0 Å². The van der Waals surface area contributed by atoms with E-state index in [1.807, 2.05) is 6.07 Å². The van der Waals surface area contributed by atoms with Crippen molar-refractivity contribution in [3.63, 3.8) is 0 Å². The second kappa shape index (κ2) is 5.96. The molecule has 4 bridgehead atoms. The highest BCUT2D eigenvalue weighted by atomic mass is 16.2. The summed E-state index contributed by atoms with van der Waals surface area (Å²) in [6.45, 7) is 2.07. The van der Waals surface area contributed by atoms with Gasteiger partial charge in [-0.3, -0.25) is 4.79 Å². The zero-order valence-corrected chi connectivity index (χ0v) is 14.9. The molecule has 4 saturated carbocycles. The highest BCUT2D eigenvalue weighted by Gasteiger charge is 2.51. The molecule has 1 saturated heterocycles. The van der Waals surface area contributed by atoms with Gasteiger partial charge in [-0.15, -0.1) is 0 Å². The maximum atomic E-state index is 12.9. The van der Waals surface area contributed by atoms with Crippen LogP contribution < -0.4 is 10.2 Å². The Morgan fingerprint density at radius 2 is 1.64 bits per heavy atom. The summed E-state index contributed by atoms with van der Waals surface area (Å²) in [5.41, 5.74) is 0.577. The van der Waals surface area contributed by atoms with Crippen LogP contribution in [0.5, 0.6) is 0 Å². The predicted molar refractivity (Wildman–Crippen MR) is 96.5 cm³/mol. The van der Waals surface area contributed by atoms with Gasteiger partial charge >= 0.3 is 0 Å². The average Bonchev–Trinajstić information content (AvgIpc) is 2.61. The highest BCUT2D eigenvalue weighted by molar-refractivity contribution is 5.93. The number of rotatable bonds is 3. The van der Waals surface area contributed by atoms with E-state index in [0.29, 0.717) is 5.69 Å². The first kappa shape index (κ1) is 15.6. The van der Waals surface area contributed by atoms with Gasteiger partial charge in [0.1, 0.15) is 17.8 Å². The number of anilines is 1. The van der Waals surface area contributed by atoms with Gasteiger partial charge in [0.15, 0.2) is 0 Å². The fraction of sp³-hybridized carbons (Fsp3) is 0.750. The third-order valence-corrected chi connectivity index (χ3v) is 6.98. The van der Waals surface area contributed by atoms with Crippen LogP contribution in [0.4, 0.5) is 5.82 Å². The maximum absolute atomic E-state index is 12.9. The topological polar surface area (TPSA) is 58.1 Å². The van der Waals surface area contributed by atoms with E-state index in [1.165, 1.54) is 57.8 Å². The van der Waals surface area contributed by atoms with Gasteiger partial charge in [0, 0.05) is 24.7 Å². The minimum atomic E-state index is 0.00242. The van der Waals surface area contributed by atoms with Crippen molar-refractivity contribution in [2.24, 2.45) is 17.8 Å². The quantitative estimate of drug-likeness (QED) is 0.918. The lowest BCUT2D eigenvalue weighted by atomic mass is 9.53. The number of piperidine rings is 1. The number of nitrogens with zero attached hydrogens (tertiary/aromatic N) is 3. The van der Waals surface area contributed by atoms with Gasteiger partial charge in [-0.1, -0.05) is 0 Å². The standard InChI is InChI=1S/C20H28N4O/c25-19(17-9-18(22-13-21-17)24-4-2-1-3-5-24)23-20-10-14-6-15(11-20)8-16(7-14)12-20/h9,13-16H,1-8,10-12H2,(H,23,25). The lowest BCUT2D eigenvalue weighted by molar-refractivity contribution is -0.0167. The fourth-order valence-corrected chi connectivity index (χ4v) is 6.34. The van der Waals surface area contributed by atoms with E-state index in [2.05, 4.69) is 20.2 Å². The molecule has 25 heavy (non-hydrogen) atoms. The molecule has 0 radical (unpaired) electrons. The van der Waals surface area contributed by atoms with Crippen LogP contribution in [0, 0.1) is 17.8 Å². The van der Waals surface area contributed by atoms with Crippen molar-refractivity contribution in [3.05, 3.63) is 18.1 Å². The Kier molecular flexibility index (Phi) is 3.72. The van der Waals surface area contributed by atoms with E-state index >= 15 is 0 Å². The van der Waals surface area contributed by atoms with Crippen molar-refractivity contribution >= 4 is 11.7 Å². The molecule has 4 aliphatic carbocycles. The molecule has 0 unspecified atom stereocenters. The number of carbonyl (C=O) groups is 1. The minimum Gasteiger partial charge on any atom is -0.357 e. The SMILES string of the molecule is O=C(NC12CC3CC(CC(C3)C1)C2)c1cc(N2CCCCC2)ncn1. The number of amides is 1. The van der Waals surface area contributed by atoms with Gasteiger partial charge in [-0.05, 0) is 75.5 Å². The van der Waals surface area contributed by atoms with Gasteiger partial charge in [0.05, 0.1) is 0 Å². The third kappa shape index (κ3) is 2.91. The largest absolute Gasteiger partial charge is 0.357 e. The van der Waals surface area contributed by atoms with Crippen LogP contribution in [0.25, 0.3) is 0 Å². The van der Waals surface area contributed by atoms with Crippen LogP contribution in [0.2, 0.25) is 0 Å². The zero-order valence-electron chi connectivity index (χ0n) is 14.9. The third-order valence-electron chi connectivity index (χ3n) is 6.98. The average molecular weight is 340 g/mol. The summed E-state index contributed by atoms with van der Waals surface area (Å²) in [7, 11) is 0. The number of hydrogen-bond acceptors (Lipinski definition) is 4. The molecule has 1 amide bonds. The Morgan fingerprint density at radius 3 is 2.28 bits per heavy atom. The molecule has 1 aromatic heterocycles. The summed E-state index contributed by atoms with van der Waals surface area (Å²) in [6.07, 6.45) is 13.0. The van der Waals surface area contributed by atoms with Crippen LogP contribution in [-0.2, 0) is 0 Å². The first-order chi connectivity index (χ1) is 12.2. The molecule has 1 aromatic rings. The summed E-state index contributed by atoms with van der Waals surface area (Å²) in [5, 5.41) is 3.42. The molecule has 0 spiro atoms. The Balaban J connectivity index is 1.33. The molecule has 5 nitrogen and oxygen atoms in total. The molecule has 0 atom stereocenters. The summed E-state index contributed by atoms with van der Waals surface area (Å²) in [4.78, 5) is 23.9. The summed E-state index contributed by atoms with van der Waals surface area (Å²) >= 11 is 0. The summed E-state index contributed by atoms with van der Waals surface area (Å²) in [6, 6.07) is 1.89. The number of hydrogen-bond donors (Lipinski definition) is 1. The van der Waals surface area contributed by atoms with E-state index < -0.39 is 0 Å². The predicted octanol–water partition coefficient (Wildman–Crippen LogP) is 3.17. The van der Waals surface area contributed by atoms with Crippen LogP contribution in [0.15, 0.2) is 12.4 Å². The minimum absolute atomic E-state index is 0.00242. The van der Waals surface area contributed by atoms with Crippen molar-refractivity contribution in [2.45, 2.75) is 63.3 Å². The van der Waals surface area contributed by atoms with Crippen molar-refractivity contribution in [3.8, 4) is 0 Å². The normalized spacial score (nSPS) is 36.5. The fourth-order valence-electron chi connectivity index (χ4n) is 6.34. The smallest absolute Gasteiger partial charge is 0.270 e. The summed E-state index contributed by atoms with van der Waals surface area (Å²) < 4.78 is 0. The van der Waals surface area contributed by atoms with Gasteiger partial charge in [0.2, 0.25) is 0 Å². The van der Waals surface area contributed by atoms with E-state index in [0.717, 1.165) is 36.7 Å². The molecule has 5 heteroatoms. The first-order valence-corrected chi connectivity index (χ1v) is 10.1. The van der Waals surface area contributed by atoms with Gasteiger partial charge in [0.25, 0.3) is 5.91 Å².